The van der Waals surface area contributed by atoms with Gasteiger partial charge in [0.05, 0.1) is 23.8 Å². The lowest BCUT2D eigenvalue weighted by molar-refractivity contribution is 0.481. The molecule has 0 amide bonds. The number of hydrogen-bond acceptors (Lipinski definition) is 4. The van der Waals surface area contributed by atoms with Crippen molar-refractivity contribution < 1.29 is 0 Å². The van der Waals surface area contributed by atoms with Crippen LogP contribution in [0.15, 0.2) is 47.3 Å². The van der Waals surface area contributed by atoms with Crippen LogP contribution in [0.5, 0.6) is 0 Å². The lowest BCUT2D eigenvalue weighted by atomic mass is 10.1. The van der Waals surface area contributed by atoms with Crippen molar-refractivity contribution in [2.45, 2.75) is 51.1 Å². The molecule has 0 N–H and O–H groups in total. The Kier molecular flexibility index (Phi) is 3.96. The van der Waals surface area contributed by atoms with Gasteiger partial charge in [0.15, 0.2) is 0 Å². The van der Waals surface area contributed by atoms with Gasteiger partial charge in [0.25, 0.3) is 5.56 Å². The zero-order valence-electron chi connectivity index (χ0n) is 15.6. The van der Waals surface area contributed by atoms with Gasteiger partial charge < -0.3 is 4.90 Å². The van der Waals surface area contributed by atoms with Gasteiger partial charge >= 0.3 is 0 Å². The fourth-order valence-corrected chi connectivity index (χ4v) is 4.20. The Hall–Kier alpha value is -2.69. The Morgan fingerprint density at radius 1 is 1.11 bits per heavy atom. The molecule has 1 aliphatic heterocycles. The Morgan fingerprint density at radius 3 is 2.81 bits per heavy atom. The number of benzene rings is 1. The third-order valence-corrected chi connectivity index (χ3v) is 5.85. The van der Waals surface area contributed by atoms with Crippen LogP contribution in [0.2, 0.25) is 0 Å². The number of pyridine rings is 1. The van der Waals surface area contributed by atoms with E-state index >= 15 is 0 Å². The predicted molar refractivity (Wildman–Crippen MR) is 107 cm³/mol. The minimum Gasteiger partial charge on any atom is -0.352 e. The first-order chi connectivity index (χ1) is 13.2. The summed E-state index contributed by atoms with van der Waals surface area (Å²) in [6.45, 7) is 3.75. The van der Waals surface area contributed by atoms with E-state index in [-0.39, 0.29) is 11.6 Å². The van der Waals surface area contributed by atoms with Crippen LogP contribution < -0.4 is 10.5 Å². The van der Waals surface area contributed by atoms with E-state index in [2.05, 4.69) is 41.2 Å². The van der Waals surface area contributed by atoms with Gasteiger partial charge in [0.2, 0.25) is 0 Å². The number of rotatable bonds is 4. The fourth-order valence-electron chi connectivity index (χ4n) is 4.20. The van der Waals surface area contributed by atoms with Crippen LogP contribution in [-0.2, 0) is 6.54 Å². The Balaban J connectivity index is 1.46. The standard InChI is InChI=1S/C22H24N4O/c1-15-13-21(23-20-7-3-2-6-18(15)20)25-12-4-5-17(25)14-26-22(27)11-10-19(24-26)16-8-9-16/h2-3,6-7,10-11,13,16-17H,4-5,8-9,12,14H2,1H3. The van der Waals surface area contributed by atoms with Gasteiger partial charge in [-0.1, -0.05) is 18.2 Å². The molecule has 2 aliphatic rings. The highest BCUT2D eigenvalue weighted by atomic mass is 16.1. The summed E-state index contributed by atoms with van der Waals surface area (Å²) in [5, 5.41) is 5.85. The molecule has 2 aromatic heterocycles. The minimum absolute atomic E-state index is 0.00565. The number of para-hydroxylation sites is 1. The molecule has 5 rings (SSSR count). The van der Waals surface area contributed by atoms with Crippen molar-refractivity contribution in [1.82, 2.24) is 14.8 Å². The molecule has 0 radical (unpaired) electrons. The van der Waals surface area contributed by atoms with E-state index in [4.69, 9.17) is 4.98 Å². The lowest BCUT2D eigenvalue weighted by Gasteiger charge is -2.26. The molecule has 138 valence electrons. The van der Waals surface area contributed by atoms with E-state index in [0.29, 0.717) is 12.5 Å². The molecular weight excluding hydrogens is 336 g/mol. The van der Waals surface area contributed by atoms with Crippen LogP contribution in [0.3, 0.4) is 0 Å². The van der Waals surface area contributed by atoms with Gasteiger partial charge in [-0.25, -0.2) is 9.67 Å². The monoisotopic (exact) mass is 360 g/mol. The average molecular weight is 360 g/mol. The molecule has 5 heteroatoms. The summed E-state index contributed by atoms with van der Waals surface area (Å²) in [5.41, 5.74) is 3.34. The van der Waals surface area contributed by atoms with Crippen molar-refractivity contribution in [3.63, 3.8) is 0 Å². The Bertz CT molecular complexity index is 1050. The summed E-state index contributed by atoms with van der Waals surface area (Å²) in [6, 6.07) is 14.3. The third-order valence-electron chi connectivity index (χ3n) is 5.85. The molecular formula is C22H24N4O. The third kappa shape index (κ3) is 3.11. The molecule has 27 heavy (non-hydrogen) atoms. The molecule has 3 heterocycles. The Morgan fingerprint density at radius 2 is 1.96 bits per heavy atom. The number of hydrogen-bond donors (Lipinski definition) is 0. The highest BCUT2D eigenvalue weighted by Crippen LogP contribution is 2.38. The summed E-state index contributed by atoms with van der Waals surface area (Å²) in [7, 11) is 0. The highest BCUT2D eigenvalue weighted by molar-refractivity contribution is 5.83. The van der Waals surface area contributed by atoms with Gasteiger partial charge in [-0.05, 0) is 56.4 Å². The van der Waals surface area contributed by atoms with Gasteiger partial charge in [-0.2, -0.15) is 5.10 Å². The van der Waals surface area contributed by atoms with Crippen LogP contribution in [-0.4, -0.2) is 27.4 Å². The van der Waals surface area contributed by atoms with Crippen LogP contribution >= 0.6 is 0 Å². The number of nitrogens with zero attached hydrogens (tertiary/aromatic N) is 4. The summed E-state index contributed by atoms with van der Waals surface area (Å²) in [4.78, 5) is 19.6. The van der Waals surface area contributed by atoms with E-state index in [9.17, 15) is 4.79 Å². The van der Waals surface area contributed by atoms with Crippen molar-refractivity contribution in [2.24, 2.45) is 0 Å². The molecule has 1 unspecified atom stereocenters. The summed E-state index contributed by atoms with van der Waals surface area (Å²) in [5.74, 6) is 1.57. The number of anilines is 1. The normalized spacial score (nSPS) is 19.7. The summed E-state index contributed by atoms with van der Waals surface area (Å²) >= 11 is 0. The van der Waals surface area contributed by atoms with Gasteiger partial charge in [0, 0.05) is 23.9 Å². The zero-order chi connectivity index (χ0) is 18.4. The van der Waals surface area contributed by atoms with Crippen molar-refractivity contribution in [3.8, 4) is 0 Å². The minimum atomic E-state index is -0.00565. The Labute approximate surface area is 158 Å². The molecule has 1 saturated carbocycles. The molecule has 1 aliphatic carbocycles. The van der Waals surface area contributed by atoms with Crippen LogP contribution in [0, 0.1) is 6.92 Å². The SMILES string of the molecule is Cc1cc(N2CCCC2Cn2nc(C3CC3)ccc2=O)nc2ccccc12. The lowest BCUT2D eigenvalue weighted by Crippen LogP contribution is -2.37. The number of aryl methyl sites for hydroxylation is 1. The molecule has 0 spiro atoms. The van der Waals surface area contributed by atoms with E-state index in [1.54, 1.807) is 10.7 Å². The van der Waals surface area contributed by atoms with E-state index in [0.717, 1.165) is 36.4 Å². The second-order valence-corrected chi connectivity index (χ2v) is 7.86. The first kappa shape index (κ1) is 16.5. The molecule has 3 aromatic rings. The zero-order valence-corrected chi connectivity index (χ0v) is 15.6. The van der Waals surface area contributed by atoms with E-state index < -0.39 is 0 Å². The molecule has 0 bridgehead atoms. The van der Waals surface area contributed by atoms with Crippen molar-refractivity contribution in [2.75, 3.05) is 11.4 Å². The van der Waals surface area contributed by atoms with Crippen molar-refractivity contribution in [1.29, 1.82) is 0 Å². The quantitative estimate of drug-likeness (QED) is 0.713. The first-order valence-electron chi connectivity index (χ1n) is 9.90. The average Bonchev–Trinajstić information content (AvgIpc) is 3.42. The maximum Gasteiger partial charge on any atom is 0.266 e. The smallest absolute Gasteiger partial charge is 0.266 e. The van der Waals surface area contributed by atoms with Crippen molar-refractivity contribution in [3.05, 3.63) is 64.1 Å². The summed E-state index contributed by atoms with van der Waals surface area (Å²) in [6.07, 6.45) is 4.58. The van der Waals surface area contributed by atoms with E-state index in [1.807, 2.05) is 12.1 Å². The maximum absolute atomic E-state index is 12.3. The van der Waals surface area contributed by atoms with Gasteiger partial charge in [0.1, 0.15) is 5.82 Å². The number of fused-ring (bicyclic) bond motifs is 1. The molecule has 1 aromatic carbocycles. The molecule has 2 fully saturated rings. The second-order valence-electron chi connectivity index (χ2n) is 7.86. The summed E-state index contributed by atoms with van der Waals surface area (Å²) < 4.78 is 1.67. The molecule has 5 nitrogen and oxygen atoms in total. The molecule has 1 atom stereocenters. The van der Waals surface area contributed by atoms with Crippen molar-refractivity contribution >= 4 is 16.7 Å². The van der Waals surface area contributed by atoms with Crippen LogP contribution in [0.1, 0.15) is 42.9 Å². The van der Waals surface area contributed by atoms with Crippen LogP contribution in [0.4, 0.5) is 5.82 Å². The highest BCUT2D eigenvalue weighted by Gasteiger charge is 2.29. The van der Waals surface area contributed by atoms with Gasteiger partial charge in [-0.3, -0.25) is 4.79 Å². The second kappa shape index (κ2) is 6.48. The topological polar surface area (TPSA) is 51.0 Å². The molecule has 1 saturated heterocycles. The maximum atomic E-state index is 12.3. The predicted octanol–water partition coefficient (Wildman–Crippen LogP) is 3.65. The first-order valence-corrected chi connectivity index (χ1v) is 9.90. The van der Waals surface area contributed by atoms with Crippen LogP contribution in [0.25, 0.3) is 10.9 Å². The number of aromatic nitrogens is 3. The largest absolute Gasteiger partial charge is 0.352 e. The van der Waals surface area contributed by atoms with Gasteiger partial charge in [-0.15, -0.1) is 0 Å². The van der Waals surface area contributed by atoms with E-state index in [1.165, 1.54) is 23.8 Å². The fraction of sp³-hybridized carbons (Fsp3) is 0.409.